The molecule has 1 aromatic heterocycles. The topological polar surface area (TPSA) is 59.5 Å². The maximum atomic E-state index is 12.5. The monoisotopic (exact) mass is 352 g/mol. The number of furan rings is 1. The van der Waals surface area contributed by atoms with Gasteiger partial charge in [0.25, 0.3) is 5.91 Å². The van der Waals surface area contributed by atoms with E-state index in [1.54, 1.807) is 29.2 Å². The Morgan fingerprint density at radius 1 is 1.22 bits per heavy atom. The van der Waals surface area contributed by atoms with Crippen molar-refractivity contribution in [1.82, 2.24) is 4.90 Å². The minimum absolute atomic E-state index is 0.120. The van der Waals surface area contributed by atoms with Gasteiger partial charge in [-0.2, -0.15) is 0 Å². The number of hydrogen-bond acceptors (Lipinski definition) is 3. The summed E-state index contributed by atoms with van der Waals surface area (Å²) in [5, 5.41) is 0.867. The van der Waals surface area contributed by atoms with Crippen molar-refractivity contribution in [3.8, 4) is 11.3 Å². The third-order valence-corrected chi connectivity index (χ3v) is 5.05. The van der Waals surface area contributed by atoms with Crippen LogP contribution in [0.1, 0.15) is 30.3 Å². The Morgan fingerprint density at radius 2 is 1.91 bits per heavy atom. The first-order valence-electron chi connectivity index (χ1n) is 7.50. The predicted octanol–water partition coefficient (Wildman–Crippen LogP) is 4.21. The Hall–Kier alpha value is -1.49. The summed E-state index contributed by atoms with van der Waals surface area (Å²) in [7, 11) is 0. The Labute approximate surface area is 145 Å². The van der Waals surface area contributed by atoms with E-state index in [1.165, 1.54) is 0 Å². The smallest absolute Gasteiger partial charge is 0.289 e. The molecule has 0 radical (unpaired) electrons. The SMILES string of the molecule is CC1(N)CCN(C(=O)c2ccc(-c3cccc(Cl)c3Cl)o2)CC1. The van der Waals surface area contributed by atoms with E-state index in [0.29, 0.717) is 40.2 Å². The van der Waals surface area contributed by atoms with E-state index in [2.05, 4.69) is 0 Å². The molecule has 2 heterocycles. The van der Waals surface area contributed by atoms with Gasteiger partial charge >= 0.3 is 0 Å². The zero-order valence-electron chi connectivity index (χ0n) is 12.8. The fourth-order valence-corrected chi connectivity index (χ4v) is 3.06. The molecule has 1 fully saturated rings. The number of benzene rings is 1. The summed E-state index contributed by atoms with van der Waals surface area (Å²) < 4.78 is 5.71. The molecule has 0 spiro atoms. The van der Waals surface area contributed by atoms with Crippen molar-refractivity contribution in [2.45, 2.75) is 25.3 Å². The minimum atomic E-state index is -0.195. The van der Waals surface area contributed by atoms with Crippen LogP contribution in [0.15, 0.2) is 34.7 Å². The van der Waals surface area contributed by atoms with E-state index in [-0.39, 0.29) is 11.4 Å². The first-order valence-corrected chi connectivity index (χ1v) is 8.25. The third-order valence-electron chi connectivity index (χ3n) is 4.23. The summed E-state index contributed by atoms with van der Waals surface area (Å²) in [5.41, 5.74) is 6.58. The lowest BCUT2D eigenvalue weighted by atomic mass is 9.91. The second kappa shape index (κ2) is 6.19. The largest absolute Gasteiger partial charge is 0.451 e. The van der Waals surface area contributed by atoms with Gasteiger partial charge in [0, 0.05) is 24.2 Å². The van der Waals surface area contributed by atoms with Crippen molar-refractivity contribution in [3.05, 3.63) is 46.1 Å². The average Bonchev–Trinajstić information content (AvgIpc) is 2.99. The summed E-state index contributed by atoms with van der Waals surface area (Å²) in [5.74, 6) is 0.711. The highest BCUT2D eigenvalue weighted by molar-refractivity contribution is 6.43. The van der Waals surface area contributed by atoms with E-state index in [0.717, 1.165) is 12.8 Å². The number of nitrogens with zero attached hydrogens (tertiary/aromatic N) is 1. The molecule has 0 bridgehead atoms. The van der Waals surface area contributed by atoms with Gasteiger partial charge in [0.15, 0.2) is 5.76 Å². The average molecular weight is 353 g/mol. The van der Waals surface area contributed by atoms with Crippen LogP contribution in [-0.4, -0.2) is 29.4 Å². The van der Waals surface area contributed by atoms with E-state index in [9.17, 15) is 4.79 Å². The standard InChI is InChI=1S/C17H18Cl2N2O2/c1-17(20)7-9-21(10-8-17)16(22)14-6-5-13(23-14)11-3-2-4-12(18)15(11)19/h2-6H,7-10,20H2,1H3. The number of carbonyl (C=O) groups is 1. The van der Waals surface area contributed by atoms with Gasteiger partial charge in [0.1, 0.15) is 5.76 Å². The number of amides is 1. The van der Waals surface area contributed by atoms with Crippen molar-refractivity contribution in [2.24, 2.45) is 5.73 Å². The van der Waals surface area contributed by atoms with Crippen LogP contribution in [0.4, 0.5) is 0 Å². The fourth-order valence-electron chi connectivity index (χ4n) is 2.67. The molecule has 122 valence electrons. The minimum Gasteiger partial charge on any atom is -0.451 e. The Bertz CT molecular complexity index is 730. The van der Waals surface area contributed by atoms with E-state index < -0.39 is 0 Å². The lowest BCUT2D eigenvalue weighted by Crippen LogP contribution is -2.49. The molecule has 0 atom stereocenters. The van der Waals surface area contributed by atoms with E-state index >= 15 is 0 Å². The molecular weight excluding hydrogens is 335 g/mol. The van der Waals surface area contributed by atoms with Gasteiger partial charge in [-0.1, -0.05) is 29.3 Å². The highest BCUT2D eigenvalue weighted by Crippen LogP contribution is 2.34. The maximum absolute atomic E-state index is 12.5. The lowest BCUT2D eigenvalue weighted by Gasteiger charge is -2.36. The van der Waals surface area contributed by atoms with Gasteiger partial charge in [-0.25, -0.2) is 0 Å². The van der Waals surface area contributed by atoms with Crippen molar-refractivity contribution in [3.63, 3.8) is 0 Å². The summed E-state index contributed by atoms with van der Waals surface area (Å²) in [6, 6.07) is 8.72. The number of carbonyl (C=O) groups excluding carboxylic acids is 1. The normalized spacial score (nSPS) is 17.3. The van der Waals surface area contributed by atoms with E-state index in [1.807, 2.05) is 13.0 Å². The number of piperidine rings is 1. The number of likely N-dealkylation sites (tertiary alicyclic amines) is 1. The van der Waals surface area contributed by atoms with Crippen LogP contribution in [0.2, 0.25) is 10.0 Å². The van der Waals surface area contributed by atoms with E-state index in [4.69, 9.17) is 33.4 Å². The molecular formula is C17H18Cl2N2O2. The van der Waals surface area contributed by atoms with Crippen LogP contribution in [0.3, 0.4) is 0 Å². The molecule has 1 aliphatic rings. The molecule has 4 nitrogen and oxygen atoms in total. The molecule has 0 unspecified atom stereocenters. The molecule has 6 heteroatoms. The first-order chi connectivity index (χ1) is 10.9. The highest BCUT2D eigenvalue weighted by atomic mass is 35.5. The molecule has 1 saturated heterocycles. The van der Waals surface area contributed by atoms with Crippen molar-refractivity contribution < 1.29 is 9.21 Å². The van der Waals surface area contributed by atoms with Crippen LogP contribution in [0, 0.1) is 0 Å². The molecule has 0 aliphatic carbocycles. The molecule has 3 rings (SSSR count). The molecule has 23 heavy (non-hydrogen) atoms. The molecule has 1 aromatic carbocycles. The van der Waals surface area contributed by atoms with Crippen molar-refractivity contribution in [1.29, 1.82) is 0 Å². The van der Waals surface area contributed by atoms with Crippen LogP contribution in [0.25, 0.3) is 11.3 Å². The Balaban J connectivity index is 1.79. The predicted molar refractivity (Wildman–Crippen MR) is 91.9 cm³/mol. The lowest BCUT2D eigenvalue weighted by molar-refractivity contribution is 0.0650. The van der Waals surface area contributed by atoms with Crippen molar-refractivity contribution in [2.75, 3.05) is 13.1 Å². The molecule has 1 amide bonds. The van der Waals surface area contributed by atoms with Crippen LogP contribution >= 0.6 is 23.2 Å². The summed E-state index contributed by atoms with van der Waals surface area (Å²) in [6.45, 7) is 3.29. The summed E-state index contributed by atoms with van der Waals surface area (Å²) in [4.78, 5) is 14.3. The highest BCUT2D eigenvalue weighted by Gasteiger charge is 2.30. The zero-order chi connectivity index (χ0) is 16.6. The number of hydrogen-bond donors (Lipinski definition) is 1. The summed E-state index contributed by atoms with van der Waals surface area (Å²) >= 11 is 12.2. The van der Waals surface area contributed by atoms with Gasteiger partial charge in [-0.3, -0.25) is 4.79 Å². The van der Waals surface area contributed by atoms with Gasteiger partial charge in [-0.05, 0) is 44.0 Å². The molecule has 0 saturated carbocycles. The van der Waals surface area contributed by atoms with Gasteiger partial charge in [-0.15, -0.1) is 0 Å². The second-order valence-corrected chi connectivity index (χ2v) is 7.00. The van der Waals surface area contributed by atoms with Gasteiger partial charge in [0.05, 0.1) is 10.0 Å². The zero-order valence-corrected chi connectivity index (χ0v) is 14.3. The Kier molecular flexibility index (Phi) is 4.41. The van der Waals surface area contributed by atoms with Gasteiger partial charge in [0.2, 0.25) is 0 Å². The second-order valence-electron chi connectivity index (χ2n) is 6.21. The summed E-state index contributed by atoms with van der Waals surface area (Å²) in [6.07, 6.45) is 1.57. The third kappa shape index (κ3) is 3.39. The molecule has 1 aliphatic heterocycles. The van der Waals surface area contributed by atoms with Crippen LogP contribution < -0.4 is 5.73 Å². The number of nitrogens with two attached hydrogens (primary N) is 1. The van der Waals surface area contributed by atoms with Crippen molar-refractivity contribution >= 4 is 29.1 Å². The fraction of sp³-hybridized carbons (Fsp3) is 0.353. The number of rotatable bonds is 2. The van der Waals surface area contributed by atoms with Gasteiger partial charge < -0.3 is 15.1 Å². The molecule has 2 N–H and O–H groups in total. The van der Waals surface area contributed by atoms with Crippen LogP contribution in [0.5, 0.6) is 0 Å². The molecule has 2 aromatic rings. The first kappa shape index (κ1) is 16.4. The maximum Gasteiger partial charge on any atom is 0.289 e. The number of halogens is 2. The quantitative estimate of drug-likeness (QED) is 0.880. The Morgan fingerprint density at radius 3 is 2.61 bits per heavy atom. The van der Waals surface area contributed by atoms with Crippen LogP contribution in [-0.2, 0) is 0 Å².